The lowest BCUT2D eigenvalue weighted by atomic mass is 10.1. The summed E-state index contributed by atoms with van der Waals surface area (Å²) in [6.07, 6.45) is 2.05. The average molecular weight is 428 g/mol. The first kappa shape index (κ1) is 19.3. The van der Waals surface area contributed by atoms with Gasteiger partial charge in [0.25, 0.3) is 11.8 Å². The number of amides is 2. The SMILES string of the molecule is Cc1ccccc1C(=O)Nc1ccc(C(=O)N2Cc3cccn3Cc3ccsc32)cc1. The summed E-state index contributed by atoms with van der Waals surface area (Å²) in [6, 6.07) is 20.7. The minimum Gasteiger partial charge on any atom is -0.345 e. The van der Waals surface area contributed by atoms with Crippen LogP contribution in [0.1, 0.15) is 37.5 Å². The monoisotopic (exact) mass is 427 g/mol. The van der Waals surface area contributed by atoms with Crippen LogP contribution in [0, 0.1) is 6.92 Å². The van der Waals surface area contributed by atoms with E-state index in [0.717, 1.165) is 28.4 Å². The van der Waals surface area contributed by atoms with E-state index in [1.807, 2.05) is 41.5 Å². The number of hydrogen-bond acceptors (Lipinski definition) is 3. The zero-order valence-electron chi connectivity index (χ0n) is 17.0. The van der Waals surface area contributed by atoms with E-state index in [-0.39, 0.29) is 11.8 Å². The van der Waals surface area contributed by atoms with Crippen molar-refractivity contribution in [2.24, 2.45) is 0 Å². The van der Waals surface area contributed by atoms with E-state index in [4.69, 9.17) is 0 Å². The number of nitrogens with one attached hydrogen (secondary N) is 1. The minimum absolute atomic E-state index is 0.0462. The number of carbonyl (C=O) groups excluding carboxylic acids is 2. The van der Waals surface area contributed by atoms with Gasteiger partial charge in [0.15, 0.2) is 0 Å². The van der Waals surface area contributed by atoms with Crippen molar-refractivity contribution < 1.29 is 9.59 Å². The predicted octanol–water partition coefficient (Wildman–Crippen LogP) is 5.32. The third kappa shape index (κ3) is 3.66. The van der Waals surface area contributed by atoms with Crippen molar-refractivity contribution in [2.75, 3.05) is 10.2 Å². The Morgan fingerprint density at radius 3 is 2.55 bits per heavy atom. The van der Waals surface area contributed by atoms with E-state index < -0.39 is 0 Å². The molecule has 0 unspecified atom stereocenters. The zero-order chi connectivity index (χ0) is 21.4. The summed E-state index contributed by atoms with van der Waals surface area (Å²) in [6.45, 7) is 3.22. The molecule has 5 nitrogen and oxygen atoms in total. The zero-order valence-corrected chi connectivity index (χ0v) is 17.9. The summed E-state index contributed by atoms with van der Waals surface area (Å²) in [5.41, 5.74) is 5.07. The summed E-state index contributed by atoms with van der Waals surface area (Å²) >= 11 is 1.59. The summed E-state index contributed by atoms with van der Waals surface area (Å²) in [5.74, 6) is -0.205. The van der Waals surface area contributed by atoms with E-state index in [1.165, 1.54) is 0 Å². The highest BCUT2D eigenvalue weighted by Crippen LogP contribution is 2.34. The van der Waals surface area contributed by atoms with Crippen molar-refractivity contribution in [1.82, 2.24) is 4.57 Å². The van der Waals surface area contributed by atoms with Gasteiger partial charge in [0.2, 0.25) is 0 Å². The fourth-order valence-electron chi connectivity index (χ4n) is 3.89. The van der Waals surface area contributed by atoms with Crippen molar-refractivity contribution in [3.63, 3.8) is 0 Å². The number of rotatable bonds is 3. The molecular weight excluding hydrogens is 406 g/mol. The van der Waals surface area contributed by atoms with Crippen LogP contribution in [0.25, 0.3) is 0 Å². The molecule has 2 amide bonds. The van der Waals surface area contributed by atoms with Gasteiger partial charge in [0.1, 0.15) is 5.00 Å². The first-order valence-corrected chi connectivity index (χ1v) is 11.0. The van der Waals surface area contributed by atoms with Crippen molar-refractivity contribution in [3.05, 3.63) is 106 Å². The Morgan fingerprint density at radius 2 is 1.74 bits per heavy atom. The van der Waals surface area contributed by atoms with Crippen molar-refractivity contribution in [3.8, 4) is 0 Å². The predicted molar refractivity (Wildman–Crippen MR) is 124 cm³/mol. The topological polar surface area (TPSA) is 54.3 Å². The quantitative estimate of drug-likeness (QED) is 0.481. The number of thiophene rings is 1. The van der Waals surface area contributed by atoms with Gasteiger partial charge in [0.05, 0.1) is 13.1 Å². The van der Waals surface area contributed by atoms with Crippen LogP contribution in [-0.4, -0.2) is 16.4 Å². The van der Waals surface area contributed by atoms with Gasteiger partial charge in [-0.05, 0) is 66.4 Å². The van der Waals surface area contributed by atoms with Crippen LogP contribution in [0.5, 0.6) is 0 Å². The maximum atomic E-state index is 13.4. The largest absolute Gasteiger partial charge is 0.345 e. The Bertz CT molecular complexity index is 1270. The fraction of sp³-hybridized carbons (Fsp3) is 0.120. The summed E-state index contributed by atoms with van der Waals surface area (Å²) < 4.78 is 2.18. The van der Waals surface area contributed by atoms with Crippen LogP contribution < -0.4 is 10.2 Å². The standard InChI is InChI=1S/C25H21N3O2S/c1-17-5-2-3-7-22(17)23(29)26-20-10-8-18(9-11-20)24(30)28-16-21-6-4-13-27(21)15-19-12-14-31-25(19)28/h2-14H,15-16H2,1H3,(H,26,29). The molecule has 31 heavy (non-hydrogen) atoms. The highest BCUT2D eigenvalue weighted by atomic mass is 32.1. The number of aryl methyl sites for hydroxylation is 1. The molecule has 0 atom stereocenters. The van der Waals surface area contributed by atoms with Crippen LogP contribution >= 0.6 is 11.3 Å². The first-order chi connectivity index (χ1) is 15.1. The molecule has 3 heterocycles. The third-order valence-corrected chi connectivity index (χ3v) is 6.56. The number of carbonyl (C=O) groups is 2. The average Bonchev–Trinajstić information content (AvgIpc) is 3.39. The molecule has 1 N–H and O–H groups in total. The molecule has 0 radical (unpaired) electrons. The van der Waals surface area contributed by atoms with Gasteiger partial charge in [-0.25, -0.2) is 0 Å². The Balaban J connectivity index is 1.37. The van der Waals surface area contributed by atoms with Gasteiger partial charge < -0.3 is 9.88 Å². The number of fused-ring (bicyclic) bond motifs is 2. The molecule has 1 aliphatic heterocycles. The Kier molecular flexibility index (Phi) is 4.92. The molecule has 0 bridgehead atoms. The Hall–Kier alpha value is -3.64. The van der Waals surface area contributed by atoms with Crippen LogP contribution in [0.2, 0.25) is 0 Å². The van der Waals surface area contributed by atoms with Gasteiger partial charge >= 0.3 is 0 Å². The Morgan fingerprint density at radius 1 is 0.935 bits per heavy atom. The molecule has 5 rings (SSSR count). The minimum atomic E-state index is -0.159. The molecule has 0 spiro atoms. The lowest BCUT2D eigenvalue weighted by Gasteiger charge is -2.20. The van der Waals surface area contributed by atoms with E-state index in [1.54, 1.807) is 41.7 Å². The van der Waals surface area contributed by atoms with Crippen LogP contribution in [0.15, 0.2) is 78.3 Å². The second-order valence-corrected chi connectivity index (χ2v) is 8.51. The molecule has 2 aromatic heterocycles. The lowest BCUT2D eigenvalue weighted by Crippen LogP contribution is -2.29. The molecule has 2 aromatic carbocycles. The van der Waals surface area contributed by atoms with Crippen molar-refractivity contribution in [2.45, 2.75) is 20.0 Å². The van der Waals surface area contributed by atoms with Crippen LogP contribution in [-0.2, 0) is 13.1 Å². The number of aromatic nitrogens is 1. The van der Waals surface area contributed by atoms with Gasteiger partial charge in [-0.15, -0.1) is 11.3 Å². The maximum Gasteiger partial charge on any atom is 0.259 e. The second kappa shape index (κ2) is 7.89. The number of hydrogen-bond donors (Lipinski definition) is 1. The van der Waals surface area contributed by atoms with E-state index >= 15 is 0 Å². The summed E-state index contributed by atoms with van der Waals surface area (Å²) in [4.78, 5) is 27.8. The van der Waals surface area contributed by atoms with E-state index in [2.05, 4.69) is 28.2 Å². The van der Waals surface area contributed by atoms with Crippen LogP contribution in [0.4, 0.5) is 10.7 Å². The first-order valence-electron chi connectivity index (χ1n) is 10.1. The van der Waals surface area contributed by atoms with E-state index in [9.17, 15) is 9.59 Å². The molecule has 0 saturated carbocycles. The van der Waals surface area contributed by atoms with Crippen molar-refractivity contribution in [1.29, 1.82) is 0 Å². The van der Waals surface area contributed by atoms with Gasteiger partial charge in [-0.3, -0.25) is 14.5 Å². The maximum absolute atomic E-state index is 13.4. The smallest absolute Gasteiger partial charge is 0.259 e. The molecule has 0 fully saturated rings. The molecule has 1 aliphatic rings. The molecule has 0 aliphatic carbocycles. The normalized spacial score (nSPS) is 12.6. The molecule has 4 aromatic rings. The second-order valence-electron chi connectivity index (χ2n) is 7.62. The fourth-order valence-corrected chi connectivity index (χ4v) is 4.81. The molecule has 0 saturated heterocycles. The highest BCUT2D eigenvalue weighted by molar-refractivity contribution is 7.14. The molecular formula is C25H21N3O2S. The van der Waals surface area contributed by atoms with Gasteiger partial charge in [-0.1, -0.05) is 18.2 Å². The van der Waals surface area contributed by atoms with Crippen LogP contribution in [0.3, 0.4) is 0 Å². The van der Waals surface area contributed by atoms with Gasteiger partial charge in [-0.2, -0.15) is 0 Å². The summed E-state index contributed by atoms with van der Waals surface area (Å²) in [5, 5.41) is 5.93. The number of anilines is 2. The van der Waals surface area contributed by atoms with E-state index in [0.29, 0.717) is 23.4 Å². The lowest BCUT2D eigenvalue weighted by molar-refractivity contribution is 0.0984. The number of benzene rings is 2. The van der Waals surface area contributed by atoms with Gasteiger partial charge in [0, 0.05) is 34.3 Å². The van der Waals surface area contributed by atoms with Crippen molar-refractivity contribution >= 4 is 33.8 Å². The third-order valence-electron chi connectivity index (χ3n) is 5.58. The molecule has 6 heteroatoms. The highest BCUT2D eigenvalue weighted by Gasteiger charge is 2.26. The number of nitrogens with zero attached hydrogens (tertiary/aromatic N) is 2. The Labute approximate surface area is 184 Å². The molecule has 154 valence electrons. The summed E-state index contributed by atoms with van der Waals surface area (Å²) in [7, 11) is 0.